The van der Waals surface area contributed by atoms with Crippen LogP contribution in [-0.2, 0) is 9.53 Å². The highest BCUT2D eigenvalue weighted by atomic mass is 16.5. The van der Waals surface area contributed by atoms with Crippen LogP contribution in [0, 0.1) is 0 Å². The largest absolute Gasteiger partial charge is 0.379 e. The van der Waals surface area contributed by atoms with E-state index in [9.17, 15) is 4.79 Å². The summed E-state index contributed by atoms with van der Waals surface area (Å²) in [6.45, 7) is 6.29. The van der Waals surface area contributed by atoms with Gasteiger partial charge in [-0.2, -0.15) is 0 Å². The van der Waals surface area contributed by atoms with Gasteiger partial charge in [-0.05, 0) is 17.7 Å². The smallest absolute Gasteiger partial charge is 0.244 e. The Morgan fingerprint density at radius 3 is 2.48 bits per heavy atom. The van der Waals surface area contributed by atoms with E-state index in [-0.39, 0.29) is 11.9 Å². The molecule has 2 aliphatic heterocycles. The van der Waals surface area contributed by atoms with E-state index in [1.54, 1.807) is 12.4 Å². The normalized spacial score (nSPS) is 22.0. The molecular weight excluding hydrogens is 268 g/mol. The van der Waals surface area contributed by atoms with Gasteiger partial charge in [0.2, 0.25) is 5.91 Å². The van der Waals surface area contributed by atoms with Crippen LogP contribution in [0.2, 0.25) is 0 Å². The van der Waals surface area contributed by atoms with E-state index < -0.39 is 0 Å². The van der Waals surface area contributed by atoms with Crippen molar-refractivity contribution < 1.29 is 9.53 Å². The summed E-state index contributed by atoms with van der Waals surface area (Å²) in [5.41, 5.74) is 1.02. The highest BCUT2D eigenvalue weighted by Gasteiger charge is 2.32. The molecule has 0 aliphatic carbocycles. The molecule has 1 N–H and O–H groups in total. The first-order chi connectivity index (χ1) is 10.4. The van der Waals surface area contributed by atoms with Crippen LogP contribution in [0.4, 0.5) is 0 Å². The number of nitrogens with one attached hydrogen (secondary N) is 1. The maximum Gasteiger partial charge on any atom is 0.244 e. The lowest BCUT2D eigenvalue weighted by atomic mass is 10.0. The second-order valence-corrected chi connectivity index (χ2v) is 5.41. The third kappa shape index (κ3) is 3.40. The van der Waals surface area contributed by atoms with Gasteiger partial charge in [0, 0.05) is 51.7 Å². The fourth-order valence-corrected chi connectivity index (χ4v) is 2.95. The van der Waals surface area contributed by atoms with Crippen molar-refractivity contribution >= 4 is 5.91 Å². The number of hydrogen-bond donors (Lipinski definition) is 1. The van der Waals surface area contributed by atoms with E-state index in [2.05, 4.69) is 15.2 Å². The minimum atomic E-state index is -0.213. The van der Waals surface area contributed by atoms with Crippen molar-refractivity contribution in [2.75, 3.05) is 52.5 Å². The lowest BCUT2D eigenvalue weighted by Crippen LogP contribution is -2.52. The molecule has 0 saturated carbocycles. The van der Waals surface area contributed by atoms with Gasteiger partial charge < -0.3 is 15.0 Å². The maximum atomic E-state index is 13.0. The van der Waals surface area contributed by atoms with Crippen LogP contribution in [0.15, 0.2) is 24.5 Å². The van der Waals surface area contributed by atoms with Crippen LogP contribution < -0.4 is 5.32 Å². The number of morpholine rings is 1. The lowest BCUT2D eigenvalue weighted by Gasteiger charge is -2.38. The van der Waals surface area contributed by atoms with Crippen molar-refractivity contribution in [2.45, 2.75) is 6.04 Å². The summed E-state index contributed by atoms with van der Waals surface area (Å²) >= 11 is 0. The molecule has 1 aromatic heterocycles. The van der Waals surface area contributed by atoms with E-state index in [0.717, 1.165) is 44.8 Å². The number of piperazine rings is 1. The van der Waals surface area contributed by atoms with Crippen molar-refractivity contribution in [3.8, 4) is 0 Å². The molecule has 1 unspecified atom stereocenters. The maximum absolute atomic E-state index is 13.0. The lowest BCUT2D eigenvalue weighted by molar-refractivity contribution is -0.139. The van der Waals surface area contributed by atoms with E-state index in [0.29, 0.717) is 13.2 Å². The summed E-state index contributed by atoms with van der Waals surface area (Å²) in [5, 5.41) is 3.29. The molecule has 1 aromatic rings. The SMILES string of the molecule is O=C(C(c1ccncc1)N1CCOCC1)N1CCNCC1. The van der Waals surface area contributed by atoms with Gasteiger partial charge in [-0.3, -0.25) is 14.7 Å². The van der Waals surface area contributed by atoms with Crippen molar-refractivity contribution in [3.63, 3.8) is 0 Å². The molecule has 0 radical (unpaired) electrons. The molecule has 3 rings (SSSR count). The van der Waals surface area contributed by atoms with Crippen LogP contribution >= 0.6 is 0 Å². The van der Waals surface area contributed by atoms with E-state index in [1.807, 2.05) is 17.0 Å². The second-order valence-electron chi connectivity index (χ2n) is 5.41. The number of ether oxygens (including phenoxy) is 1. The number of pyridine rings is 1. The Morgan fingerprint density at radius 2 is 1.81 bits per heavy atom. The Hall–Kier alpha value is -1.50. The average molecular weight is 290 g/mol. The first-order valence-corrected chi connectivity index (χ1v) is 7.57. The molecule has 1 atom stereocenters. The fourth-order valence-electron chi connectivity index (χ4n) is 2.95. The molecule has 2 saturated heterocycles. The molecule has 3 heterocycles. The Bertz CT molecular complexity index is 456. The number of hydrogen-bond acceptors (Lipinski definition) is 5. The zero-order valence-electron chi connectivity index (χ0n) is 12.2. The average Bonchev–Trinajstić information content (AvgIpc) is 2.58. The minimum Gasteiger partial charge on any atom is -0.379 e. The molecule has 0 bridgehead atoms. The molecule has 114 valence electrons. The Labute approximate surface area is 125 Å². The monoisotopic (exact) mass is 290 g/mol. The van der Waals surface area contributed by atoms with Crippen molar-refractivity contribution in [3.05, 3.63) is 30.1 Å². The quantitative estimate of drug-likeness (QED) is 0.841. The van der Waals surface area contributed by atoms with Gasteiger partial charge in [-0.1, -0.05) is 0 Å². The standard InChI is InChI=1S/C15H22N4O2/c20-15(19-7-5-17-6-8-19)14(13-1-3-16-4-2-13)18-9-11-21-12-10-18/h1-4,14,17H,5-12H2. The number of rotatable bonds is 3. The molecule has 0 spiro atoms. The van der Waals surface area contributed by atoms with Crippen LogP contribution in [-0.4, -0.2) is 73.2 Å². The van der Waals surface area contributed by atoms with E-state index >= 15 is 0 Å². The first-order valence-electron chi connectivity index (χ1n) is 7.57. The van der Waals surface area contributed by atoms with E-state index in [1.165, 1.54) is 0 Å². The highest BCUT2D eigenvalue weighted by molar-refractivity contribution is 5.83. The molecule has 6 nitrogen and oxygen atoms in total. The fraction of sp³-hybridized carbons (Fsp3) is 0.600. The summed E-state index contributed by atoms with van der Waals surface area (Å²) in [6.07, 6.45) is 3.52. The summed E-state index contributed by atoms with van der Waals surface area (Å²) in [4.78, 5) is 21.3. The summed E-state index contributed by atoms with van der Waals surface area (Å²) in [5.74, 6) is 0.199. The molecule has 6 heteroatoms. The van der Waals surface area contributed by atoms with Gasteiger partial charge in [0.1, 0.15) is 6.04 Å². The topological polar surface area (TPSA) is 57.7 Å². The molecular formula is C15H22N4O2. The minimum absolute atomic E-state index is 0.199. The van der Waals surface area contributed by atoms with Gasteiger partial charge >= 0.3 is 0 Å². The summed E-state index contributed by atoms with van der Waals surface area (Å²) in [6, 6.07) is 3.68. The predicted molar refractivity (Wildman–Crippen MR) is 78.8 cm³/mol. The first kappa shape index (κ1) is 14.4. The van der Waals surface area contributed by atoms with E-state index in [4.69, 9.17) is 4.74 Å². The third-order valence-corrected chi connectivity index (χ3v) is 4.10. The molecule has 1 amide bonds. The zero-order chi connectivity index (χ0) is 14.5. The molecule has 0 aromatic carbocycles. The summed E-state index contributed by atoms with van der Waals surface area (Å²) in [7, 11) is 0. The predicted octanol–water partition coefficient (Wildman–Crippen LogP) is -0.113. The molecule has 2 aliphatic rings. The second kappa shape index (κ2) is 6.98. The van der Waals surface area contributed by atoms with Crippen molar-refractivity contribution in [2.24, 2.45) is 0 Å². The van der Waals surface area contributed by atoms with Gasteiger partial charge in [0.05, 0.1) is 13.2 Å². The number of carbonyl (C=O) groups excluding carboxylic acids is 1. The summed E-state index contributed by atoms with van der Waals surface area (Å²) < 4.78 is 5.42. The number of nitrogens with zero attached hydrogens (tertiary/aromatic N) is 3. The molecule has 2 fully saturated rings. The Balaban J connectivity index is 1.82. The van der Waals surface area contributed by atoms with Gasteiger partial charge in [0.15, 0.2) is 0 Å². The third-order valence-electron chi connectivity index (χ3n) is 4.10. The zero-order valence-corrected chi connectivity index (χ0v) is 12.2. The Morgan fingerprint density at radius 1 is 1.14 bits per heavy atom. The van der Waals surface area contributed by atoms with Gasteiger partial charge in [-0.15, -0.1) is 0 Å². The van der Waals surface area contributed by atoms with Crippen LogP contribution in [0.5, 0.6) is 0 Å². The number of carbonyl (C=O) groups is 1. The van der Waals surface area contributed by atoms with Crippen molar-refractivity contribution in [1.82, 2.24) is 20.1 Å². The highest BCUT2D eigenvalue weighted by Crippen LogP contribution is 2.24. The van der Waals surface area contributed by atoms with Gasteiger partial charge in [-0.25, -0.2) is 0 Å². The Kier molecular flexibility index (Phi) is 4.80. The van der Waals surface area contributed by atoms with Crippen LogP contribution in [0.1, 0.15) is 11.6 Å². The number of aromatic nitrogens is 1. The number of amides is 1. The van der Waals surface area contributed by atoms with Crippen LogP contribution in [0.3, 0.4) is 0 Å². The molecule has 21 heavy (non-hydrogen) atoms. The van der Waals surface area contributed by atoms with Crippen LogP contribution in [0.25, 0.3) is 0 Å². The van der Waals surface area contributed by atoms with Crippen molar-refractivity contribution in [1.29, 1.82) is 0 Å². The van der Waals surface area contributed by atoms with Gasteiger partial charge in [0.25, 0.3) is 0 Å².